The number of carbonyl (C=O) groups is 2. The number of hydrogen-bond donors (Lipinski definition) is 1. The summed E-state index contributed by atoms with van der Waals surface area (Å²) in [4.78, 5) is 33.4. The van der Waals surface area contributed by atoms with E-state index in [-0.39, 0.29) is 6.42 Å². The second-order valence-corrected chi connectivity index (χ2v) is 4.35. The summed E-state index contributed by atoms with van der Waals surface area (Å²) < 4.78 is 0. The molecule has 1 saturated heterocycles. The van der Waals surface area contributed by atoms with Gasteiger partial charge in [-0.2, -0.15) is 0 Å². The van der Waals surface area contributed by atoms with Crippen LogP contribution in [0.5, 0.6) is 0 Å². The number of nitrogens with zero attached hydrogens (tertiary/aromatic N) is 4. The molecule has 19 heavy (non-hydrogen) atoms. The highest BCUT2D eigenvalue weighted by Crippen LogP contribution is 2.13. The summed E-state index contributed by atoms with van der Waals surface area (Å²) in [6.07, 6.45) is 2.86. The zero-order chi connectivity index (χ0) is 13.7. The Morgan fingerprint density at radius 2 is 2.11 bits per heavy atom. The smallest absolute Gasteiger partial charge is 0.303 e. The van der Waals surface area contributed by atoms with Gasteiger partial charge >= 0.3 is 5.97 Å². The normalized spacial score (nSPS) is 15.4. The van der Waals surface area contributed by atoms with Crippen LogP contribution in [0.3, 0.4) is 0 Å². The van der Waals surface area contributed by atoms with Crippen LogP contribution in [0.4, 0.5) is 5.82 Å². The molecule has 0 aliphatic carbocycles. The molecule has 0 spiro atoms. The molecule has 0 unspecified atom stereocenters. The van der Waals surface area contributed by atoms with Gasteiger partial charge in [0, 0.05) is 38.8 Å². The first kappa shape index (κ1) is 13.3. The average Bonchev–Trinajstić information content (AvgIpc) is 2.45. The van der Waals surface area contributed by atoms with Gasteiger partial charge < -0.3 is 14.9 Å². The number of carboxylic acids is 1. The van der Waals surface area contributed by atoms with Gasteiger partial charge in [-0.1, -0.05) is 0 Å². The number of aromatic nitrogens is 2. The van der Waals surface area contributed by atoms with Crippen LogP contribution in [0.25, 0.3) is 0 Å². The molecule has 1 amide bonds. The Morgan fingerprint density at radius 3 is 2.74 bits per heavy atom. The summed E-state index contributed by atoms with van der Waals surface area (Å²) in [5.41, 5.74) is 0. The predicted molar refractivity (Wildman–Crippen MR) is 67.8 cm³/mol. The summed E-state index contributed by atoms with van der Waals surface area (Å²) in [6.45, 7) is 2.82. The Labute approximate surface area is 110 Å². The van der Waals surface area contributed by atoms with Crippen molar-refractivity contribution in [1.29, 1.82) is 0 Å². The lowest BCUT2D eigenvalue weighted by atomic mass is 10.3. The van der Waals surface area contributed by atoms with Crippen LogP contribution in [0.1, 0.15) is 12.2 Å². The predicted octanol–water partition coefficient (Wildman–Crippen LogP) is -0.228. The van der Waals surface area contributed by atoms with Crippen molar-refractivity contribution in [2.75, 3.05) is 31.1 Å². The zero-order valence-electron chi connectivity index (χ0n) is 10.5. The number of rotatable bonds is 5. The van der Waals surface area contributed by atoms with E-state index in [4.69, 9.17) is 5.11 Å². The van der Waals surface area contributed by atoms with Crippen molar-refractivity contribution < 1.29 is 14.7 Å². The summed E-state index contributed by atoms with van der Waals surface area (Å²) in [5, 5.41) is 8.64. The van der Waals surface area contributed by atoms with Crippen molar-refractivity contribution in [2.45, 2.75) is 12.8 Å². The fraction of sp³-hybridized carbons (Fsp3) is 0.500. The molecule has 1 aliphatic heterocycles. The van der Waals surface area contributed by atoms with Crippen molar-refractivity contribution in [3.05, 3.63) is 18.1 Å². The fourth-order valence-corrected chi connectivity index (χ4v) is 1.96. The van der Waals surface area contributed by atoms with E-state index < -0.39 is 5.97 Å². The molecule has 1 fully saturated rings. The lowest BCUT2D eigenvalue weighted by Crippen LogP contribution is -2.46. The van der Waals surface area contributed by atoms with Crippen molar-refractivity contribution in [2.24, 2.45) is 0 Å². The summed E-state index contributed by atoms with van der Waals surface area (Å²) in [6, 6.07) is 1.81. The minimum Gasteiger partial charge on any atom is -0.481 e. The van der Waals surface area contributed by atoms with Crippen molar-refractivity contribution in [3.8, 4) is 0 Å². The van der Waals surface area contributed by atoms with Gasteiger partial charge in [-0.15, -0.1) is 0 Å². The molecule has 1 aliphatic rings. The molecule has 0 bridgehead atoms. The van der Waals surface area contributed by atoms with Gasteiger partial charge in [0.15, 0.2) is 0 Å². The Bertz CT molecular complexity index is 458. The number of aryl methyl sites for hydroxylation is 1. The van der Waals surface area contributed by atoms with E-state index in [9.17, 15) is 9.59 Å². The van der Waals surface area contributed by atoms with E-state index in [1.807, 2.05) is 0 Å². The minimum absolute atomic E-state index is 0.0301. The maximum Gasteiger partial charge on any atom is 0.303 e. The van der Waals surface area contributed by atoms with Gasteiger partial charge in [-0.3, -0.25) is 9.59 Å². The first-order valence-electron chi connectivity index (χ1n) is 6.17. The molecular formula is C12H16N4O3. The highest BCUT2D eigenvalue weighted by molar-refractivity contribution is 5.66. The number of aliphatic carboxylic acids is 1. The van der Waals surface area contributed by atoms with Gasteiger partial charge in [-0.25, -0.2) is 9.97 Å². The number of amides is 1. The molecule has 0 radical (unpaired) electrons. The minimum atomic E-state index is -0.853. The van der Waals surface area contributed by atoms with E-state index in [2.05, 4.69) is 14.9 Å². The standard InChI is InChI=1S/C12H16N4O3/c17-9-15-5-7-16(8-6-15)11-3-4-13-10(14-11)1-2-12(18)19/h3-4,9H,1-2,5-8H2,(H,18,19). The van der Waals surface area contributed by atoms with Crippen LogP contribution in [-0.2, 0) is 16.0 Å². The summed E-state index contributed by atoms with van der Waals surface area (Å²) in [7, 11) is 0. The molecule has 1 N–H and O–H groups in total. The summed E-state index contributed by atoms with van der Waals surface area (Å²) >= 11 is 0. The molecule has 7 nitrogen and oxygen atoms in total. The quantitative estimate of drug-likeness (QED) is 0.739. The highest BCUT2D eigenvalue weighted by atomic mass is 16.4. The van der Waals surface area contributed by atoms with Crippen LogP contribution in [0, 0.1) is 0 Å². The first-order chi connectivity index (χ1) is 9.19. The van der Waals surface area contributed by atoms with Gasteiger partial charge in [0.2, 0.25) is 6.41 Å². The largest absolute Gasteiger partial charge is 0.481 e. The highest BCUT2D eigenvalue weighted by Gasteiger charge is 2.17. The third-order valence-corrected chi connectivity index (χ3v) is 3.04. The van der Waals surface area contributed by atoms with E-state index in [0.717, 1.165) is 25.3 Å². The van der Waals surface area contributed by atoms with Crippen LogP contribution in [0.15, 0.2) is 12.3 Å². The van der Waals surface area contributed by atoms with Gasteiger partial charge in [0.05, 0.1) is 6.42 Å². The molecule has 1 aromatic rings. The van der Waals surface area contributed by atoms with E-state index in [0.29, 0.717) is 25.3 Å². The number of carbonyl (C=O) groups excluding carboxylic acids is 1. The number of carboxylic acid groups (broad SMARTS) is 1. The van der Waals surface area contributed by atoms with Crippen LogP contribution < -0.4 is 4.90 Å². The zero-order valence-corrected chi connectivity index (χ0v) is 10.5. The number of piperazine rings is 1. The SMILES string of the molecule is O=CN1CCN(c2ccnc(CCC(=O)O)n2)CC1. The van der Waals surface area contributed by atoms with Gasteiger partial charge in [0.25, 0.3) is 0 Å². The lowest BCUT2D eigenvalue weighted by molar-refractivity contribution is -0.137. The third kappa shape index (κ3) is 3.64. The second-order valence-electron chi connectivity index (χ2n) is 4.35. The Hall–Kier alpha value is -2.18. The van der Waals surface area contributed by atoms with Crippen molar-refractivity contribution >= 4 is 18.2 Å². The van der Waals surface area contributed by atoms with Gasteiger partial charge in [-0.05, 0) is 6.07 Å². The maximum atomic E-state index is 10.6. The molecule has 2 heterocycles. The van der Waals surface area contributed by atoms with Gasteiger partial charge in [0.1, 0.15) is 11.6 Å². The average molecular weight is 264 g/mol. The monoisotopic (exact) mass is 264 g/mol. The molecule has 2 rings (SSSR count). The number of hydrogen-bond acceptors (Lipinski definition) is 5. The van der Waals surface area contributed by atoms with Crippen LogP contribution >= 0.6 is 0 Å². The Kier molecular flexibility index (Phi) is 4.27. The van der Waals surface area contributed by atoms with Crippen LogP contribution in [0.2, 0.25) is 0 Å². The van der Waals surface area contributed by atoms with E-state index >= 15 is 0 Å². The molecule has 1 aromatic heterocycles. The molecule has 102 valence electrons. The van der Waals surface area contributed by atoms with Crippen molar-refractivity contribution in [3.63, 3.8) is 0 Å². The molecule has 0 atom stereocenters. The number of anilines is 1. The fourth-order valence-electron chi connectivity index (χ4n) is 1.96. The lowest BCUT2D eigenvalue weighted by Gasteiger charge is -2.33. The van der Waals surface area contributed by atoms with Crippen molar-refractivity contribution in [1.82, 2.24) is 14.9 Å². The molecule has 7 heteroatoms. The van der Waals surface area contributed by atoms with Crippen LogP contribution in [-0.4, -0.2) is 58.5 Å². The Morgan fingerprint density at radius 1 is 1.37 bits per heavy atom. The second kappa shape index (κ2) is 6.12. The van der Waals surface area contributed by atoms with E-state index in [1.165, 1.54) is 0 Å². The summed E-state index contributed by atoms with van der Waals surface area (Å²) in [5.74, 6) is 0.479. The first-order valence-corrected chi connectivity index (χ1v) is 6.17. The molecule has 0 aromatic carbocycles. The van der Waals surface area contributed by atoms with E-state index in [1.54, 1.807) is 17.2 Å². The topological polar surface area (TPSA) is 86.6 Å². The third-order valence-electron chi connectivity index (χ3n) is 3.04. The maximum absolute atomic E-state index is 10.6. The molecule has 0 saturated carbocycles. The molecular weight excluding hydrogens is 248 g/mol. The Balaban J connectivity index is 1.98.